The lowest BCUT2D eigenvalue weighted by Gasteiger charge is -2.06. The minimum absolute atomic E-state index is 0.107. The number of likely N-dealkylation sites (N-methyl/N-ethyl adjacent to an activating group) is 1. The summed E-state index contributed by atoms with van der Waals surface area (Å²) in [5.41, 5.74) is 1.68. The molecule has 0 atom stereocenters. The number of aromatic nitrogens is 1. The molecule has 1 amide bonds. The number of carbonyl (C=O) groups excluding carboxylic acids is 1. The van der Waals surface area contributed by atoms with E-state index in [0.29, 0.717) is 21.5 Å². The maximum absolute atomic E-state index is 12.5. The number of benzene rings is 1. The van der Waals surface area contributed by atoms with Crippen LogP contribution in [-0.2, 0) is 4.79 Å². The van der Waals surface area contributed by atoms with E-state index in [2.05, 4.69) is 25.9 Å². The molecule has 0 N–H and O–H groups in total. The average molecular weight is 440 g/mol. The topological polar surface area (TPSA) is 58.7 Å². The maximum Gasteiger partial charge on any atom is 0.266 e. The normalized spacial score (nSPS) is 17.3. The van der Waals surface area contributed by atoms with Crippen molar-refractivity contribution in [1.29, 1.82) is 0 Å². The first kappa shape index (κ1) is 17.8. The summed E-state index contributed by atoms with van der Waals surface area (Å²) in [6.07, 6.45) is 5.09. The zero-order chi connectivity index (χ0) is 18.8. The van der Waals surface area contributed by atoms with Gasteiger partial charge in [0.05, 0.1) is 16.8 Å². The Labute approximate surface area is 168 Å². The Hall–Kier alpha value is -2.64. The summed E-state index contributed by atoms with van der Waals surface area (Å²) in [4.78, 5) is 23.1. The number of aliphatic imine (C=N–C) groups is 1. The standard InChI is InChI=1S/C20H14BrN3O2S/c1-24-19(25)18(27-20(24)23-15-3-2-10-22-12-15)11-16-8-9-17(26-16)13-4-6-14(21)7-5-13/h2-12H,1H3/b18-11+,23-20?. The van der Waals surface area contributed by atoms with Gasteiger partial charge in [0.2, 0.25) is 0 Å². The Balaban J connectivity index is 1.58. The number of pyridine rings is 1. The lowest BCUT2D eigenvalue weighted by molar-refractivity contribution is -0.121. The Morgan fingerprint density at radius 3 is 2.74 bits per heavy atom. The van der Waals surface area contributed by atoms with Crippen LogP contribution in [0, 0.1) is 0 Å². The molecule has 0 aliphatic carbocycles. The molecular formula is C20H14BrN3O2S. The summed E-state index contributed by atoms with van der Waals surface area (Å²) in [7, 11) is 1.71. The Bertz CT molecular complexity index is 1040. The van der Waals surface area contributed by atoms with Crippen molar-refractivity contribution < 1.29 is 9.21 Å². The summed E-state index contributed by atoms with van der Waals surface area (Å²) >= 11 is 4.74. The zero-order valence-electron chi connectivity index (χ0n) is 14.3. The van der Waals surface area contributed by atoms with E-state index in [1.165, 1.54) is 16.7 Å². The summed E-state index contributed by atoms with van der Waals surface area (Å²) in [5, 5.41) is 0.610. The van der Waals surface area contributed by atoms with Crippen LogP contribution in [0.1, 0.15) is 5.76 Å². The lowest BCUT2D eigenvalue weighted by atomic mass is 10.2. The molecule has 1 saturated heterocycles. The van der Waals surface area contributed by atoms with Crippen molar-refractivity contribution in [1.82, 2.24) is 9.88 Å². The van der Waals surface area contributed by atoms with Gasteiger partial charge in [-0.1, -0.05) is 28.1 Å². The highest BCUT2D eigenvalue weighted by Gasteiger charge is 2.30. The third kappa shape index (κ3) is 3.89. The van der Waals surface area contributed by atoms with Crippen LogP contribution in [0.15, 0.2) is 79.7 Å². The molecule has 1 aliphatic rings. The molecule has 0 spiro atoms. The highest BCUT2D eigenvalue weighted by Crippen LogP contribution is 2.34. The van der Waals surface area contributed by atoms with Crippen molar-refractivity contribution >= 4 is 50.5 Å². The Morgan fingerprint density at radius 2 is 2.00 bits per heavy atom. The number of rotatable bonds is 3. The Kier molecular flexibility index (Phi) is 4.96. The number of halogens is 1. The van der Waals surface area contributed by atoms with Crippen LogP contribution in [0.2, 0.25) is 0 Å². The summed E-state index contributed by atoms with van der Waals surface area (Å²) in [5.74, 6) is 1.27. The molecule has 0 unspecified atom stereocenters. The number of amidine groups is 1. The van der Waals surface area contributed by atoms with Gasteiger partial charge in [0, 0.05) is 29.4 Å². The molecule has 3 heterocycles. The predicted octanol–water partition coefficient (Wildman–Crippen LogP) is 5.34. The van der Waals surface area contributed by atoms with Crippen molar-refractivity contribution in [3.05, 3.63) is 76.1 Å². The van der Waals surface area contributed by atoms with E-state index in [4.69, 9.17) is 4.42 Å². The first-order valence-electron chi connectivity index (χ1n) is 8.12. The number of carbonyl (C=O) groups is 1. The first-order chi connectivity index (χ1) is 13.1. The smallest absolute Gasteiger partial charge is 0.266 e. The minimum Gasteiger partial charge on any atom is -0.457 e. The third-order valence-electron chi connectivity index (χ3n) is 3.90. The van der Waals surface area contributed by atoms with E-state index in [0.717, 1.165) is 15.8 Å². The van der Waals surface area contributed by atoms with Crippen LogP contribution >= 0.6 is 27.7 Å². The van der Waals surface area contributed by atoms with Crippen molar-refractivity contribution in [3.8, 4) is 11.3 Å². The molecule has 1 aliphatic heterocycles. The molecule has 1 aromatic carbocycles. The SMILES string of the molecule is CN1C(=O)/C(=C\c2ccc(-c3ccc(Br)cc3)o2)SC1=Nc1cccnc1. The second-order valence-corrected chi connectivity index (χ2v) is 7.71. The van der Waals surface area contributed by atoms with Crippen LogP contribution in [0.5, 0.6) is 0 Å². The van der Waals surface area contributed by atoms with Crippen LogP contribution < -0.4 is 0 Å². The molecule has 27 heavy (non-hydrogen) atoms. The van der Waals surface area contributed by atoms with Gasteiger partial charge < -0.3 is 4.42 Å². The van der Waals surface area contributed by atoms with E-state index in [1.807, 2.05) is 48.5 Å². The highest BCUT2D eigenvalue weighted by atomic mass is 79.9. The molecule has 0 bridgehead atoms. The number of hydrogen-bond acceptors (Lipinski definition) is 5. The van der Waals surface area contributed by atoms with Gasteiger partial charge in [-0.3, -0.25) is 14.7 Å². The lowest BCUT2D eigenvalue weighted by Crippen LogP contribution is -2.23. The van der Waals surface area contributed by atoms with Crippen LogP contribution in [-0.4, -0.2) is 28.0 Å². The molecule has 7 heteroatoms. The average Bonchev–Trinajstić information content (AvgIpc) is 3.24. The number of amides is 1. The van der Waals surface area contributed by atoms with E-state index in [1.54, 1.807) is 25.5 Å². The fourth-order valence-corrected chi connectivity index (χ4v) is 3.74. The first-order valence-corrected chi connectivity index (χ1v) is 9.73. The molecular weight excluding hydrogens is 426 g/mol. The summed E-state index contributed by atoms with van der Waals surface area (Å²) in [6, 6.07) is 15.3. The van der Waals surface area contributed by atoms with Gasteiger partial charge >= 0.3 is 0 Å². The van der Waals surface area contributed by atoms with Gasteiger partial charge in [-0.05, 0) is 48.2 Å². The van der Waals surface area contributed by atoms with Gasteiger partial charge in [-0.25, -0.2) is 4.99 Å². The van der Waals surface area contributed by atoms with Gasteiger partial charge in [-0.15, -0.1) is 0 Å². The fraction of sp³-hybridized carbons (Fsp3) is 0.0500. The highest BCUT2D eigenvalue weighted by molar-refractivity contribution is 9.10. The Morgan fingerprint density at radius 1 is 1.19 bits per heavy atom. The third-order valence-corrected chi connectivity index (χ3v) is 5.49. The van der Waals surface area contributed by atoms with Gasteiger partial charge in [-0.2, -0.15) is 0 Å². The van der Waals surface area contributed by atoms with Crippen LogP contribution in [0.3, 0.4) is 0 Å². The monoisotopic (exact) mass is 439 g/mol. The van der Waals surface area contributed by atoms with Crippen LogP contribution in [0.25, 0.3) is 17.4 Å². The van der Waals surface area contributed by atoms with Crippen molar-refractivity contribution in [3.63, 3.8) is 0 Å². The van der Waals surface area contributed by atoms with E-state index < -0.39 is 0 Å². The molecule has 1 fully saturated rings. The van der Waals surface area contributed by atoms with Gasteiger partial charge in [0.1, 0.15) is 11.5 Å². The minimum atomic E-state index is -0.107. The quantitative estimate of drug-likeness (QED) is 0.516. The van der Waals surface area contributed by atoms with E-state index >= 15 is 0 Å². The summed E-state index contributed by atoms with van der Waals surface area (Å²) < 4.78 is 6.89. The molecule has 4 rings (SSSR count). The molecule has 3 aromatic rings. The number of furan rings is 1. The second kappa shape index (κ2) is 7.54. The molecule has 0 saturated carbocycles. The molecule has 5 nitrogen and oxygen atoms in total. The van der Waals surface area contributed by atoms with Crippen LogP contribution in [0.4, 0.5) is 5.69 Å². The van der Waals surface area contributed by atoms with E-state index in [9.17, 15) is 4.79 Å². The fourth-order valence-electron chi connectivity index (χ4n) is 2.51. The number of hydrogen-bond donors (Lipinski definition) is 0. The molecule has 2 aromatic heterocycles. The largest absolute Gasteiger partial charge is 0.457 e. The summed E-state index contributed by atoms with van der Waals surface area (Å²) in [6.45, 7) is 0. The predicted molar refractivity (Wildman–Crippen MR) is 112 cm³/mol. The molecule has 134 valence electrons. The van der Waals surface area contributed by atoms with Crippen molar-refractivity contribution in [2.75, 3.05) is 7.05 Å². The zero-order valence-corrected chi connectivity index (χ0v) is 16.7. The molecule has 0 radical (unpaired) electrons. The van der Waals surface area contributed by atoms with Crippen molar-refractivity contribution in [2.24, 2.45) is 4.99 Å². The second-order valence-electron chi connectivity index (χ2n) is 5.79. The maximum atomic E-state index is 12.5. The number of nitrogens with zero attached hydrogens (tertiary/aromatic N) is 3. The van der Waals surface area contributed by atoms with Crippen molar-refractivity contribution in [2.45, 2.75) is 0 Å². The van der Waals surface area contributed by atoms with Gasteiger partial charge in [0.25, 0.3) is 5.91 Å². The van der Waals surface area contributed by atoms with E-state index in [-0.39, 0.29) is 5.91 Å². The number of thioether (sulfide) groups is 1. The van der Waals surface area contributed by atoms with Gasteiger partial charge in [0.15, 0.2) is 5.17 Å².